The van der Waals surface area contributed by atoms with Gasteiger partial charge in [0.1, 0.15) is 18.1 Å². The number of rotatable bonds is 9. The van der Waals surface area contributed by atoms with Gasteiger partial charge in [-0.25, -0.2) is 12.8 Å². The molecule has 3 aromatic carbocycles. The van der Waals surface area contributed by atoms with E-state index in [1.165, 1.54) is 30.3 Å². The van der Waals surface area contributed by atoms with Crippen LogP contribution in [-0.2, 0) is 14.8 Å². The molecule has 1 N–H and O–H groups in total. The molecule has 0 heterocycles. The van der Waals surface area contributed by atoms with Crippen molar-refractivity contribution in [3.63, 3.8) is 0 Å². The molecular weight excluding hydrogens is 443 g/mol. The van der Waals surface area contributed by atoms with Crippen molar-refractivity contribution in [3.8, 4) is 5.75 Å². The van der Waals surface area contributed by atoms with Crippen LogP contribution in [0.25, 0.3) is 0 Å². The van der Waals surface area contributed by atoms with E-state index in [1.807, 2.05) is 26.0 Å². The van der Waals surface area contributed by atoms with Crippen LogP contribution in [0.15, 0.2) is 77.7 Å². The first kappa shape index (κ1) is 24.3. The van der Waals surface area contributed by atoms with Crippen LogP contribution in [0, 0.1) is 12.7 Å². The standard InChI is InChI=1S/C25H27FN2O4S/c1-4-32-21-13-11-20(12-14-21)19(3)27-25(29)17-28(24-8-6-5-7-23(24)26)33(30,31)22-15-9-18(2)10-16-22/h5-16,19H,4,17H2,1-3H3,(H,27,29)/t19-/m1/s1. The average molecular weight is 471 g/mol. The van der Waals surface area contributed by atoms with Crippen molar-refractivity contribution in [3.05, 3.63) is 89.7 Å². The molecule has 0 aliphatic carbocycles. The number of nitrogens with one attached hydrogen (secondary N) is 1. The minimum Gasteiger partial charge on any atom is -0.494 e. The van der Waals surface area contributed by atoms with Gasteiger partial charge in [-0.2, -0.15) is 0 Å². The Labute approximate surface area is 194 Å². The van der Waals surface area contributed by atoms with Gasteiger partial charge in [-0.1, -0.05) is 42.0 Å². The summed E-state index contributed by atoms with van der Waals surface area (Å²) in [5, 5.41) is 2.79. The summed E-state index contributed by atoms with van der Waals surface area (Å²) < 4.78 is 47.5. The average Bonchev–Trinajstić information content (AvgIpc) is 2.79. The summed E-state index contributed by atoms with van der Waals surface area (Å²) in [5.41, 5.74) is 1.51. The second kappa shape index (κ2) is 10.5. The fraction of sp³-hybridized carbons (Fsp3) is 0.240. The summed E-state index contributed by atoms with van der Waals surface area (Å²) in [6.07, 6.45) is 0. The highest BCUT2D eigenvalue weighted by molar-refractivity contribution is 7.92. The van der Waals surface area contributed by atoms with E-state index < -0.39 is 34.3 Å². The maximum absolute atomic E-state index is 14.6. The van der Waals surface area contributed by atoms with E-state index in [-0.39, 0.29) is 10.6 Å². The molecule has 174 valence electrons. The van der Waals surface area contributed by atoms with Crippen LogP contribution in [0.2, 0.25) is 0 Å². The molecule has 8 heteroatoms. The Kier molecular flexibility index (Phi) is 7.71. The second-order valence-corrected chi connectivity index (χ2v) is 9.43. The lowest BCUT2D eigenvalue weighted by Crippen LogP contribution is -2.42. The van der Waals surface area contributed by atoms with Gasteiger partial charge in [-0.15, -0.1) is 0 Å². The maximum Gasteiger partial charge on any atom is 0.264 e. The normalized spacial score (nSPS) is 12.1. The minimum absolute atomic E-state index is 0.0243. The fourth-order valence-corrected chi connectivity index (χ4v) is 4.74. The van der Waals surface area contributed by atoms with E-state index in [1.54, 1.807) is 31.2 Å². The lowest BCUT2D eigenvalue weighted by molar-refractivity contribution is -0.120. The predicted molar refractivity (Wildman–Crippen MR) is 126 cm³/mol. The molecule has 0 radical (unpaired) electrons. The lowest BCUT2D eigenvalue weighted by atomic mass is 10.1. The van der Waals surface area contributed by atoms with E-state index in [9.17, 15) is 17.6 Å². The zero-order valence-corrected chi connectivity index (χ0v) is 19.6. The molecule has 0 bridgehead atoms. The second-order valence-electron chi connectivity index (χ2n) is 7.57. The Morgan fingerprint density at radius 3 is 2.27 bits per heavy atom. The van der Waals surface area contributed by atoms with Crippen LogP contribution in [0.5, 0.6) is 5.75 Å². The highest BCUT2D eigenvalue weighted by atomic mass is 32.2. The molecule has 3 rings (SSSR count). The zero-order chi connectivity index (χ0) is 24.0. The van der Waals surface area contributed by atoms with Gasteiger partial charge in [0.15, 0.2) is 0 Å². The van der Waals surface area contributed by atoms with Gasteiger partial charge in [-0.3, -0.25) is 9.10 Å². The van der Waals surface area contributed by atoms with Gasteiger partial charge in [0.05, 0.1) is 23.2 Å². The molecule has 1 amide bonds. The van der Waals surface area contributed by atoms with Crippen LogP contribution in [0.3, 0.4) is 0 Å². The monoisotopic (exact) mass is 470 g/mol. The molecule has 1 atom stereocenters. The van der Waals surface area contributed by atoms with Crippen LogP contribution in [-0.4, -0.2) is 27.5 Å². The van der Waals surface area contributed by atoms with Crippen molar-refractivity contribution >= 4 is 21.6 Å². The number of anilines is 1. The predicted octanol–water partition coefficient (Wildman–Crippen LogP) is 4.61. The Bertz CT molecular complexity index is 1200. The lowest BCUT2D eigenvalue weighted by Gasteiger charge is -2.25. The Morgan fingerprint density at radius 2 is 1.67 bits per heavy atom. The number of aryl methyl sites for hydroxylation is 1. The van der Waals surface area contributed by atoms with Crippen molar-refractivity contribution in [2.45, 2.75) is 31.7 Å². The summed E-state index contributed by atoms with van der Waals surface area (Å²) in [4.78, 5) is 12.8. The Balaban J connectivity index is 1.85. The molecule has 0 saturated carbocycles. The molecule has 0 aliphatic heterocycles. The fourth-order valence-electron chi connectivity index (χ4n) is 3.31. The molecule has 0 aliphatic rings. The number of hydrogen-bond acceptors (Lipinski definition) is 4. The summed E-state index contributed by atoms with van der Waals surface area (Å²) in [7, 11) is -4.18. The van der Waals surface area contributed by atoms with Gasteiger partial charge < -0.3 is 10.1 Å². The topological polar surface area (TPSA) is 75.7 Å². The molecule has 33 heavy (non-hydrogen) atoms. The zero-order valence-electron chi connectivity index (χ0n) is 18.8. The maximum atomic E-state index is 14.6. The number of carbonyl (C=O) groups excluding carboxylic acids is 1. The Morgan fingerprint density at radius 1 is 1.03 bits per heavy atom. The summed E-state index contributed by atoms with van der Waals surface area (Å²) in [6.45, 7) is 5.49. The first-order valence-corrected chi connectivity index (χ1v) is 12.0. The first-order chi connectivity index (χ1) is 15.7. The number of halogens is 1. The van der Waals surface area contributed by atoms with Gasteiger partial charge >= 0.3 is 0 Å². The molecule has 0 saturated heterocycles. The molecular formula is C25H27FN2O4S. The van der Waals surface area contributed by atoms with E-state index in [0.717, 1.165) is 27.2 Å². The molecule has 3 aromatic rings. The van der Waals surface area contributed by atoms with Crippen LogP contribution >= 0.6 is 0 Å². The number of sulfonamides is 1. The number of carbonyl (C=O) groups is 1. The van der Waals surface area contributed by atoms with Gasteiger partial charge in [-0.05, 0) is 62.7 Å². The molecule has 0 aromatic heterocycles. The minimum atomic E-state index is -4.18. The molecule has 0 unspecified atom stereocenters. The van der Waals surface area contributed by atoms with Crippen LogP contribution in [0.1, 0.15) is 31.0 Å². The number of nitrogens with zero attached hydrogens (tertiary/aromatic N) is 1. The highest BCUT2D eigenvalue weighted by Gasteiger charge is 2.29. The van der Waals surface area contributed by atoms with Gasteiger partial charge in [0.25, 0.3) is 10.0 Å². The Hall–Kier alpha value is -3.39. The third-order valence-electron chi connectivity index (χ3n) is 5.09. The number of amides is 1. The molecule has 0 fully saturated rings. The van der Waals surface area contributed by atoms with E-state index in [4.69, 9.17) is 4.74 Å². The van der Waals surface area contributed by atoms with Crippen molar-refractivity contribution < 1.29 is 22.3 Å². The smallest absolute Gasteiger partial charge is 0.264 e. The number of ether oxygens (including phenoxy) is 1. The van der Waals surface area contributed by atoms with Crippen molar-refractivity contribution in [2.75, 3.05) is 17.5 Å². The quantitative estimate of drug-likeness (QED) is 0.496. The largest absolute Gasteiger partial charge is 0.494 e. The summed E-state index contributed by atoms with van der Waals surface area (Å²) in [6, 6.07) is 18.5. The van der Waals surface area contributed by atoms with Gasteiger partial charge in [0.2, 0.25) is 5.91 Å². The van der Waals surface area contributed by atoms with Crippen molar-refractivity contribution in [2.24, 2.45) is 0 Å². The third kappa shape index (κ3) is 5.90. The van der Waals surface area contributed by atoms with E-state index >= 15 is 0 Å². The third-order valence-corrected chi connectivity index (χ3v) is 6.86. The van der Waals surface area contributed by atoms with Crippen molar-refractivity contribution in [1.29, 1.82) is 0 Å². The number of para-hydroxylation sites is 1. The number of benzene rings is 3. The van der Waals surface area contributed by atoms with Crippen LogP contribution in [0.4, 0.5) is 10.1 Å². The highest BCUT2D eigenvalue weighted by Crippen LogP contribution is 2.26. The first-order valence-electron chi connectivity index (χ1n) is 10.6. The van der Waals surface area contributed by atoms with E-state index in [2.05, 4.69) is 5.32 Å². The van der Waals surface area contributed by atoms with Gasteiger partial charge in [0, 0.05) is 0 Å². The summed E-state index contributed by atoms with van der Waals surface area (Å²) >= 11 is 0. The molecule has 0 spiro atoms. The molecule has 6 nitrogen and oxygen atoms in total. The summed E-state index contributed by atoms with van der Waals surface area (Å²) in [5.74, 6) is -0.578. The van der Waals surface area contributed by atoms with Crippen LogP contribution < -0.4 is 14.4 Å². The number of hydrogen-bond donors (Lipinski definition) is 1. The van der Waals surface area contributed by atoms with Crippen molar-refractivity contribution in [1.82, 2.24) is 5.32 Å². The SMILES string of the molecule is CCOc1ccc([C@@H](C)NC(=O)CN(c2ccccc2F)S(=O)(=O)c2ccc(C)cc2)cc1. The van der Waals surface area contributed by atoms with E-state index in [0.29, 0.717) is 6.61 Å².